The van der Waals surface area contributed by atoms with Crippen molar-refractivity contribution in [3.63, 3.8) is 0 Å². The second kappa shape index (κ2) is 24.8. The van der Waals surface area contributed by atoms with Crippen LogP contribution in [0, 0.1) is 0 Å². The predicted molar refractivity (Wildman–Crippen MR) is 118 cm³/mol. The van der Waals surface area contributed by atoms with Gasteiger partial charge in [0.25, 0.3) is 0 Å². The highest BCUT2D eigenvalue weighted by molar-refractivity contribution is 4.52. The van der Waals surface area contributed by atoms with E-state index in [1.165, 1.54) is 96.4 Å². The summed E-state index contributed by atoms with van der Waals surface area (Å²) in [4.78, 5) is 0. The van der Waals surface area contributed by atoms with Crippen molar-refractivity contribution in [2.45, 2.75) is 109 Å². The van der Waals surface area contributed by atoms with Crippen molar-refractivity contribution in [1.82, 2.24) is 5.32 Å². The molecule has 0 aromatic rings. The molecule has 0 fully saturated rings. The Balaban J connectivity index is 3.23. The number of rotatable bonds is 24. The monoisotopic (exact) mass is 403 g/mol. The molecule has 0 unspecified atom stereocenters. The minimum Gasteiger partial charge on any atom is -0.394 e. The molecular weight excluding hydrogens is 354 g/mol. The average molecular weight is 404 g/mol. The Kier molecular flexibility index (Phi) is 24.7. The van der Waals surface area contributed by atoms with Crippen molar-refractivity contribution >= 4 is 0 Å². The lowest BCUT2D eigenvalue weighted by Gasteiger charge is -2.17. The van der Waals surface area contributed by atoms with Crippen LogP contribution in [0.15, 0.2) is 0 Å². The van der Waals surface area contributed by atoms with E-state index in [2.05, 4.69) is 5.32 Å². The topological polar surface area (TPSA) is 71.0 Å². The van der Waals surface area contributed by atoms with Crippen LogP contribution < -0.4 is 5.32 Å². The molecule has 0 aromatic carbocycles. The van der Waals surface area contributed by atoms with Gasteiger partial charge < -0.3 is 25.0 Å². The highest BCUT2D eigenvalue weighted by Gasteiger charge is 2.08. The third-order valence-corrected chi connectivity index (χ3v) is 5.16. The number of aliphatic hydroxyl groups excluding tert-OH is 2. The number of ether oxygens (including phenoxy) is 2. The van der Waals surface area contributed by atoms with Crippen molar-refractivity contribution in [2.75, 3.05) is 40.0 Å². The summed E-state index contributed by atoms with van der Waals surface area (Å²) < 4.78 is 10.9. The zero-order chi connectivity index (χ0) is 20.5. The Hall–Kier alpha value is -0.200. The van der Waals surface area contributed by atoms with Crippen molar-refractivity contribution in [3.8, 4) is 0 Å². The molecule has 0 atom stereocenters. The summed E-state index contributed by atoms with van der Waals surface area (Å²) in [5.74, 6) is 0. The van der Waals surface area contributed by atoms with E-state index < -0.39 is 0 Å². The van der Waals surface area contributed by atoms with Crippen LogP contribution in [0.3, 0.4) is 0 Å². The number of hydrogen-bond acceptors (Lipinski definition) is 5. The molecule has 0 heterocycles. The SMILES string of the molecule is CNCCCCCCCCCCCCCCCCCC(OCCO)OCCO. The number of unbranched alkanes of at least 4 members (excludes halogenated alkanes) is 14. The molecule has 0 aliphatic rings. The van der Waals surface area contributed by atoms with Gasteiger partial charge in [0.15, 0.2) is 6.29 Å². The molecule has 170 valence electrons. The lowest BCUT2D eigenvalue weighted by atomic mass is 10.0. The summed E-state index contributed by atoms with van der Waals surface area (Å²) in [5, 5.41) is 20.9. The van der Waals surface area contributed by atoms with Gasteiger partial charge in [-0.15, -0.1) is 0 Å². The predicted octanol–water partition coefficient (Wildman–Crippen LogP) is 4.79. The maximum atomic E-state index is 8.83. The fraction of sp³-hybridized carbons (Fsp3) is 1.00. The molecule has 28 heavy (non-hydrogen) atoms. The van der Waals surface area contributed by atoms with Crippen molar-refractivity contribution in [3.05, 3.63) is 0 Å². The third-order valence-electron chi connectivity index (χ3n) is 5.16. The van der Waals surface area contributed by atoms with Crippen molar-refractivity contribution < 1.29 is 19.7 Å². The van der Waals surface area contributed by atoms with Crippen molar-refractivity contribution in [2.24, 2.45) is 0 Å². The minimum absolute atomic E-state index is 0.00987. The molecule has 0 amide bonds. The molecule has 0 aromatic heterocycles. The second-order valence-corrected chi connectivity index (χ2v) is 7.81. The van der Waals surface area contributed by atoms with Crippen LogP contribution in [0.1, 0.15) is 103 Å². The first kappa shape index (κ1) is 27.8. The summed E-state index contributed by atoms with van der Waals surface area (Å²) in [7, 11) is 2.03. The van der Waals surface area contributed by atoms with Crippen LogP contribution in [0.25, 0.3) is 0 Å². The molecule has 5 nitrogen and oxygen atoms in total. The molecule has 0 saturated heterocycles. The summed E-state index contributed by atoms with van der Waals surface area (Å²) in [6.45, 7) is 1.78. The zero-order valence-electron chi connectivity index (χ0n) is 18.6. The van der Waals surface area contributed by atoms with Crippen LogP contribution in [-0.2, 0) is 9.47 Å². The first-order chi connectivity index (χ1) is 13.8. The fourth-order valence-electron chi connectivity index (χ4n) is 3.49. The molecule has 3 N–H and O–H groups in total. The number of aliphatic hydroxyl groups is 2. The fourth-order valence-corrected chi connectivity index (χ4v) is 3.49. The number of nitrogens with one attached hydrogen (secondary N) is 1. The molecule has 5 heteroatoms. The van der Waals surface area contributed by atoms with Gasteiger partial charge in [-0.05, 0) is 32.9 Å². The third kappa shape index (κ3) is 22.1. The number of hydrogen-bond donors (Lipinski definition) is 3. The molecule has 0 radical (unpaired) electrons. The van der Waals surface area contributed by atoms with Crippen molar-refractivity contribution in [1.29, 1.82) is 0 Å². The normalized spacial score (nSPS) is 11.6. The molecule has 0 aliphatic heterocycles. The van der Waals surface area contributed by atoms with Gasteiger partial charge in [0.2, 0.25) is 0 Å². The summed E-state index contributed by atoms with van der Waals surface area (Å²) in [6, 6.07) is 0. The van der Waals surface area contributed by atoms with E-state index in [4.69, 9.17) is 19.7 Å². The van der Waals surface area contributed by atoms with Gasteiger partial charge in [-0.25, -0.2) is 0 Å². The van der Waals surface area contributed by atoms with Gasteiger partial charge in [0.1, 0.15) is 0 Å². The van der Waals surface area contributed by atoms with Crippen LogP contribution in [0.2, 0.25) is 0 Å². The average Bonchev–Trinajstić information content (AvgIpc) is 2.71. The molecule has 0 aliphatic carbocycles. The van der Waals surface area contributed by atoms with Gasteiger partial charge in [-0.3, -0.25) is 0 Å². The van der Waals surface area contributed by atoms with Gasteiger partial charge >= 0.3 is 0 Å². The lowest BCUT2D eigenvalue weighted by Crippen LogP contribution is -2.21. The van der Waals surface area contributed by atoms with Gasteiger partial charge in [0.05, 0.1) is 26.4 Å². The summed E-state index contributed by atoms with van der Waals surface area (Å²) in [5.41, 5.74) is 0. The Morgan fingerprint density at radius 3 is 1.29 bits per heavy atom. The smallest absolute Gasteiger partial charge is 0.157 e. The highest BCUT2D eigenvalue weighted by atomic mass is 16.7. The van der Waals surface area contributed by atoms with Crippen LogP contribution in [0.4, 0.5) is 0 Å². The zero-order valence-corrected chi connectivity index (χ0v) is 18.6. The molecule has 0 saturated carbocycles. The summed E-state index contributed by atoms with van der Waals surface area (Å²) >= 11 is 0. The van der Waals surface area contributed by atoms with Gasteiger partial charge in [0, 0.05) is 0 Å². The molecule has 0 bridgehead atoms. The van der Waals surface area contributed by atoms with Crippen LogP contribution in [-0.4, -0.2) is 56.5 Å². The van der Waals surface area contributed by atoms with Gasteiger partial charge in [-0.1, -0.05) is 83.5 Å². The maximum Gasteiger partial charge on any atom is 0.157 e. The highest BCUT2D eigenvalue weighted by Crippen LogP contribution is 2.14. The quantitative estimate of drug-likeness (QED) is 0.160. The maximum absolute atomic E-state index is 8.83. The molecule has 0 rings (SSSR count). The Labute approximate surface area is 174 Å². The first-order valence-electron chi connectivity index (χ1n) is 11.9. The first-order valence-corrected chi connectivity index (χ1v) is 11.9. The van der Waals surface area contributed by atoms with E-state index in [9.17, 15) is 0 Å². The summed E-state index contributed by atoms with van der Waals surface area (Å²) in [6.07, 6.45) is 20.8. The van der Waals surface area contributed by atoms with E-state index in [0.29, 0.717) is 13.2 Å². The molecular formula is C23H49NO4. The molecule has 0 spiro atoms. The van der Waals surface area contributed by atoms with E-state index >= 15 is 0 Å². The second-order valence-electron chi connectivity index (χ2n) is 7.81. The van der Waals surface area contributed by atoms with E-state index in [1.54, 1.807) is 0 Å². The standard InChI is InChI=1S/C23H49NO4/c1-24-18-16-14-12-10-8-6-4-2-3-5-7-9-11-13-15-17-23(27-21-19-25)28-22-20-26/h23-26H,2-22H2,1H3. The minimum atomic E-state index is -0.285. The largest absolute Gasteiger partial charge is 0.394 e. The van der Waals surface area contributed by atoms with Crippen LogP contribution in [0.5, 0.6) is 0 Å². The Morgan fingerprint density at radius 2 is 0.929 bits per heavy atom. The Morgan fingerprint density at radius 1 is 0.571 bits per heavy atom. The van der Waals surface area contributed by atoms with Gasteiger partial charge in [-0.2, -0.15) is 0 Å². The van der Waals surface area contributed by atoms with Crippen LogP contribution >= 0.6 is 0 Å². The Bertz CT molecular complexity index is 271. The van der Waals surface area contributed by atoms with E-state index in [0.717, 1.165) is 12.8 Å². The lowest BCUT2D eigenvalue weighted by molar-refractivity contribution is -0.156. The van der Waals surface area contributed by atoms with E-state index in [-0.39, 0.29) is 19.5 Å². The van der Waals surface area contributed by atoms with E-state index in [1.807, 2.05) is 7.05 Å².